The smallest absolute Gasteiger partial charge is 0.158 e. The van der Waals surface area contributed by atoms with Gasteiger partial charge in [0.05, 0.1) is 23.2 Å². The van der Waals surface area contributed by atoms with Crippen LogP contribution in [0.2, 0.25) is 0 Å². The number of hydrogen-bond donors (Lipinski definition) is 2. The number of hydrogen-bond acceptors (Lipinski definition) is 5. The number of aliphatic hydroxyl groups is 1. The van der Waals surface area contributed by atoms with Gasteiger partial charge in [-0.05, 0) is 19.9 Å². The summed E-state index contributed by atoms with van der Waals surface area (Å²) >= 11 is 0. The highest BCUT2D eigenvalue weighted by molar-refractivity contribution is 7.92. The fourth-order valence-corrected chi connectivity index (χ4v) is 3.96. The average molecular weight is 251 g/mol. The van der Waals surface area contributed by atoms with Gasteiger partial charge in [0.1, 0.15) is 0 Å². The zero-order chi connectivity index (χ0) is 12.2. The van der Waals surface area contributed by atoms with Crippen molar-refractivity contribution in [3.05, 3.63) is 0 Å². The van der Waals surface area contributed by atoms with E-state index in [0.29, 0.717) is 19.6 Å². The van der Waals surface area contributed by atoms with Crippen LogP contribution in [-0.4, -0.2) is 56.4 Å². The summed E-state index contributed by atoms with van der Waals surface area (Å²) in [6.45, 7) is 5.21. The van der Waals surface area contributed by atoms with Gasteiger partial charge in [-0.15, -0.1) is 0 Å². The van der Waals surface area contributed by atoms with E-state index >= 15 is 0 Å². The number of rotatable bonds is 6. The minimum atomic E-state index is -3.25. The molecule has 1 rings (SSSR count). The molecule has 1 fully saturated rings. The standard InChI is InChI=1S/C10H21NO4S/c1-3-11-6-9(12)7-16(13,14)10-4-5-15-8(10)2/h8-12H,3-7H2,1-2H3. The molecule has 1 saturated heterocycles. The van der Waals surface area contributed by atoms with Gasteiger partial charge in [0.15, 0.2) is 9.84 Å². The van der Waals surface area contributed by atoms with Crippen molar-refractivity contribution in [3.63, 3.8) is 0 Å². The zero-order valence-corrected chi connectivity index (χ0v) is 10.7. The first kappa shape index (κ1) is 13.9. The highest BCUT2D eigenvalue weighted by Crippen LogP contribution is 2.21. The van der Waals surface area contributed by atoms with E-state index in [2.05, 4.69) is 5.32 Å². The molecule has 5 nitrogen and oxygen atoms in total. The lowest BCUT2D eigenvalue weighted by Gasteiger charge is -2.17. The van der Waals surface area contributed by atoms with Crippen molar-refractivity contribution in [2.45, 2.75) is 37.7 Å². The Bertz CT molecular complexity index is 304. The molecule has 0 aromatic rings. The Kier molecular flexibility index (Phi) is 5.17. The third-order valence-electron chi connectivity index (χ3n) is 2.82. The molecule has 0 aromatic heterocycles. The molecule has 0 aliphatic carbocycles. The van der Waals surface area contributed by atoms with Gasteiger partial charge in [-0.3, -0.25) is 0 Å². The summed E-state index contributed by atoms with van der Waals surface area (Å²) in [4.78, 5) is 0. The summed E-state index contributed by atoms with van der Waals surface area (Å²) in [7, 11) is -3.25. The van der Waals surface area contributed by atoms with E-state index in [4.69, 9.17) is 4.74 Å². The number of sulfone groups is 1. The summed E-state index contributed by atoms with van der Waals surface area (Å²) in [5.74, 6) is -0.182. The van der Waals surface area contributed by atoms with Gasteiger partial charge in [-0.25, -0.2) is 8.42 Å². The fourth-order valence-electron chi connectivity index (χ4n) is 1.95. The fraction of sp³-hybridized carbons (Fsp3) is 1.00. The highest BCUT2D eigenvalue weighted by atomic mass is 32.2. The molecule has 0 radical (unpaired) electrons. The quantitative estimate of drug-likeness (QED) is 0.668. The van der Waals surface area contributed by atoms with E-state index in [1.807, 2.05) is 6.92 Å². The van der Waals surface area contributed by atoms with Gasteiger partial charge in [-0.2, -0.15) is 0 Å². The maximum absolute atomic E-state index is 11.9. The van der Waals surface area contributed by atoms with Crippen LogP contribution in [0.5, 0.6) is 0 Å². The Morgan fingerprint density at radius 1 is 1.56 bits per heavy atom. The van der Waals surface area contributed by atoms with Gasteiger partial charge in [0.2, 0.25) is 0 Å². The molecule has 0 bridgehead atoms. The molecule has 2 N–H and O–H groups in total. The SMILES string of the molecule is CCNCC(O)CS(=O)(=O)C1CCOC1C. The molecular formula is C10H21NO4S. The molecule has 6 heteroatoms. The highest BCUT2D eigenvalue weighted by Gasteiger charge is 2.36. The number of nitrogens with one attached hydrogen (secondary N) is 1. The van der Waals surface area contributed by atoms with Gasteiger partial charge in [0.25, 0.3) is 0 Å². The van der Waals surface area contributed by atoms with Gasteiger partial charge >= 0.3 is 0 Å². The van der Waals surface area contributed by atoms with Gasteiger partial charge in [0, 0.05) is 13.2 Å². The van der Waals surface area contributed by atoms with Crippen LogP contribution in [0.4, 0.5) is 0 Å². The first-order valence-corrected chi connectivity index (χ1v) is 7.41. The Morgan fingerprint density at radius 3 is 2.75 bits per heavy atom. The van der Waals surface area contributed by atoms with Crippen LogP contribution in [-0.2, 0) is 14.6 Å². The molecule has 1 heterocycles. The van der Waals surface area contributed by atoms with Crippen molar-refractivity contribution in [2.24, 2.45) is 0 Å². The van der Waals surface area contributed by atoms with Crippen LogP contribution < -0.4 is 5.32 Å². The molecule has 3 unspecified atom stereocenters. The van der Waals surface area contributed by atoms with Crippen molar-refractivity contribution in [3.8, 4) is 0 Å². The molecule has 3 atom stereocenters. The number of likely N-dealkylation sites (N-methyl/N-ethyl adjacent to an activating group) is 1. The molecule has 16 heavy (non-hydrogen) atoms. The molecule has 1 aliphatic heterocycles. The van der Waals surface area contributed by atoms with E-state index in [1.54, 1.807) is 6.92 Å². The van der Waals surface area contributed by atoms with E-state index in [9.17, 15) is 13.5 Å². The zero-order valence-electron chi connectivity index (χ0n) is 9.85. The molecule has 0 spiro atoms. The van der Waals surface area contributed by atoms with E-state index < -0.39 is 21.2 Å². The second kappa shape index (κ2) is 5.95. The van der Waals surface area contributed by atoms with Crippen molar-refractivity contribution in [1.29, 1.82) is 0 Å². The maximum Gasteiger partial charge on any atom is 0.158 e. The third kappa shape index (κ3) is 3.69. The Hall–Kier alpha value is -0.170. The van der Waals surface area contributed by atoms with Gasteiger partial charge in [-0.1, -0.05) is 6.92 Å². The summed E-state index contributed by atoms with van der Waals surface area (Å²) in [6, 6.07) is 0. The molecule has 96 valence electrons. The van der Waals surface area contributed by atoms with Crippen molar-refractivity contribution >= 4 is 9.84 Å². The number of ether oxygens (including phenoxy) is 1. The molecule has 0 amide bonds. The van der Waals surface area contributed by atoms with Crippen LogP contribution in [0.1, 0.15) is 20.3 Å². The Labute approximate surface area is 97.1 Å². The average Bonchev–Trinajstić information content (AvgIpc) is 2.61. The topological polar surface area (TPSA) is 75.6 Å². The number of aliphatic hydroxyl groups excluding tert-OH is 1. The summed E-state index contributed by atoms with van der Waals surface area (Å²) in [5.41, 5.74) is 0. The molecule has 0 aromatic carbocycles. The summed E-state index contributed by atoms with van der Waals surface area (Å²) in [6.07, 6.45) is -0.550. The summed E-state index contributed by atoms with van der Waals surface area (Å²) in [5, 5.41) is 12.1. The lowest BCUT2D eigenvalue weighted by atomic mass is 10.3. The van der Waals surface area contributed by atoms with Crippen LogP contribution >= 0.6 is 0 Å². The van der Waals surface area contributed by atoms with Crippen LogP contribution in [0.25, 0.3) is 0 Å². The normalized spacial score (nSPS) is 28.2. The predicted molar refractivity (Wildman–Crippen MR) is 62.2 cm³/mol. The predicted octanol–water partition coefficient (Wildman–Crippen LogP) is -0.451. The third-order valence-corrected chi connectivity index (χ3v) is 5.21. The van der Waals surface area contributed by atoms with Crippen LogP contribution in [0.15, 0.2) is 0 Å². The minimum Gasteiger partial charge on any atom is -0.391 e. The molecule has 0 saturated carbocycles. The summed E-state index contributed by atoms with van der Waals surface area (Å²) < 4.78 is 29.1. The maximum atomic E-state index is 11.9. The van der Waals surface area contributed by atoms with Crippen molar-refractivity contribution in [1.82, 2.24) is 5.32 Å². The Morgan fingerprint density at radius 2 is 2.25 bits per heavy atom. The Balaban J connectivity index is 2.50. The largest absolute Gasteiger partial charge is 0.391 e. The van der Waals surface area contributed by atoms with E-state index in [1.165, 1.54) is 0 Å². The van der Waals surface area contributed by atoms with E-state index in [-0.39, 0.29) is 11.9 Å². The first-order valence-electron chi connectivity index (χ1n) is 5.69. The van der Waals surface area contributed by atoms with Crippen LogP contribution in [0.3, 0.4) is 0 Å². The second-order valence-electron chi connectivity index (χ2n) is 4.19. The van der Waals surface area contributed by atoms with E-state index in [0.717, 1.165) is 6.54 Å². The first-order chi connectivity index (χ1) is 7.47. The van der Waals surface area contributed by atoms with Crippen molar-refractivity contribution in [2.75, 3.05) is 25.4 Å². The molecule has 1 aliphatic rings. The van der Waals surface area contributed by atoms with Crippen LogP contribution in [0, 0.1) is 0 Å². The lowest BCUT2D eigenvalue weighted by molar-refractivity contribution is 0.126. The minimum absolute atomic E-state index is 0.182. The monoisotopic (exact) mass is 251 g/mol. The van der Waals surface area contributed by atoms with Crippen molar-refractivity contribution < 1.29 is 18.3 Å². The molecular weight excluding hydrogens is 230 g/mol. The van der Waals surface area contributed by atoms with Gasteiger partial charge < -0.3 is 15.2 Å². The second-order valence-corrected chi connectivity index (χ2v) is 6.46. The lowest BCUT2D eigenvalue weighted by Crippen LogP contribution is -2.38.